The van der Waals surface area contributed by atoms with Crippen molar-refractivity contribution < 1.29 is 5.11 Å². The fourth-order valence-corrected chi connectivity index (χ4v) is 1.56. The highest BCUT2D eigenvalue weighted by atomic mass is 35.5. The molecule has 12 heavy (non-hydrogen) atoms. The maximum atomic E-state index is 9.26. The Morgan fingerprint density at radius 1 is 1.42 bits per heavy atom. The Labute approximate surface area is 80.6 Å². The van der Waals surface area contributed by atoms with Crippen LogP contribution in [-0.4, -0.2) is 15.2 Å². The first-order valence-corrected chi connectivity index (χ1v) is 4.02. The zero-order chi connectivity index (χ0) is 7.68. The average Bonchev–Trinajstić information content (AvgIpc) is 2.25. The average molecular weight is 203 g/mol. The van der Waals surface area contributed by atoms with Crippen molar-refractivity contribution in [2.75, 3.05) is 0 Å². The van der Waals surface area contributed by atoms with Crippen molar-refractivity contribution in [2.24, 2.45) is 4.99 Å². The fourth-order valence-electron chi connectivity index (χ4n) is 0.842. The molecule has 2 rings (SSSR count). The van der Waals surface area contributed by atoms with Crippen LogP contribution in [0.2, 0.25) is 0 Å². The molecule has 2 aliphatic heterocycles. The fraction of sp³-hybridized carbons (Fsp3) is 0. The molecule has 2 heterocycles. The lowest BCUT2D eigenvalue weighted by molar-refractivity contribution is 0.323. The number of aliphatic imine (C=N–C) groups is 1. The van der Waals surface area contributed by atoms with E-state index in [1.165, 1.54) is 11.8 Å². The molecule has 0 aromatic rings. The Morgan fingerprint density at radius 3 is 3.08 bits per heavy atom. The molecule has 0 bridgehead atoms. The molecule has 0 fully saturated rings. The molecule has 0 aliphatic carbocycles. The monoisotopic (exact) mass is 202 g/mol. The second kappa shape index (κ2) is 3.69. The quantitative estimate of drug-likeness (QED) is 0.654. The minimum Gasteiger partial charge on any atom is -0.494 e. The third kappa shape index (κ3) is 1.49. The number of allylic oxidation sites excluding steroid dienone is 2. The van der Waals surface area contributed by atoms with Gasteiger partial charge in [-0.15, -0.1) is 12.4 Å². The van der Waals surface area contributed by atoms with Gasteiger partial charge in [-0.05, 0) is 12.2 Å². The minimum absolute atomic E-state index is 0. The Kier molecular flexibility index (Phi) is 2.83. The van der Waals surface area contributed by atoms with E-state index >= 15 is 0 Å². The van der Waals surface area contributed by atoms with Crippen molar-refractivity contribution in [1.29, 1.82) is 0 Å². The summed E-state index contributed by atoms with van der Waals surface area (Å²) < 4.78 is 0. The first kappa shape index (κ1) is 9.22. The lowest BCUT2D eigenvalue weighted by atomic mass is 10.5. The first-order valence-electron chi connectivity index (χ1n) is 3.14. The van der Waals surface area contributed by atoms with Crippen molar-refractivity contribution in [2.45, 2.75) is 0 Å². The molecular formula is C7H7ClN2OS. The zero-order valence-electron chi connectivity index (χ0n) is 6.04. The van der Waals surface area contributed by atoms with Gasteiger partial charge in [0.05, 0.1) is 0 Å². The van der Waals surface area contributed by atoms with Crippen molar-refractivity contribution in [3.8, 4) is 0 Å². The van der Waals surface area contributed by atoms with Gasteiger partial charge < -0.3 is 5.11 Å². The highest BCUT2D eigenvalue weighted by Gasteiger charge is 2.19. The summed E-state index contributed by atoms with van der Waals surface area (Å²) >= 11 is 1.41. The number of hydrogen-bond acceptors (Lipinski definition) is 4. The SMILES string of the molecule is Cl.OC1=CSC2=NC=CC=CN12. The van der Waals surface area contributed by atoms with Crippen LogP contribution in [0.4, 0.5) is 0 Å². The minimum atomic E-state index is 0. The number of halogens is 1. The number of rotatable bonds is 0. The molecular weight excluding hydrogens is 196 g/mol. The standard InChI is InChI=1S/C7H6N2OS.ClH/c10-6-5-11-7-8-3-1-2-4-9(6)7;/h1-5,10H;1H. The Morgan fingerprint density at radius 2 is 2.25 bits per heavy atom. The molecule has 2 aliphatic rings. The van der Waals surface area contributed by atoms with Gasteiger partial charge in [-0.25, -0.2) is 4.99 Å². The number of aliphatic hydroxyl groups excluding tert-OH is 1. The molecule has 0 saturated carbocycles. The van der Waals surface area contributed by atoms with E-state index in [1.54, 1.807) is 22.7 Å². The van der Waals surface area contributed by atoms with Crippen LogP contribution in [0.1, 0.15) is 0 Å². The summed E-state index contributed by atoms with van der Waals surface area (Å²) in [4.78, 5) is 5.72. The number of fused-ring (bicyclic) bond motifs is 1. The smallest absolute Gasteiger partial charge is 0.204 e. The van der Waals surface area contributed by atoms with Gasteiger partial charge in [-0.3, -0.25) is 4.90 Å². The molecule has 0 atom stereocenters. The van der Waals surface area contributed by atoms with Crippen LogP contribution in [0.15, 0.2) is 40.8 Å². The highest BCUT2D eigenvalue weighted by molar-refractivity contribution is 8.16. The normalized spacial score (nSPS) is 19.2. The predicted octanol–water partition coefficient (Wildman–Crippen LogP) is 2.21. The highest BCUT2D eigenvalue weighted by Crippen LogP contribution is 2.25. The van der Waals surface area contributed by atoms with Crippen LogP contribution >= 0.6 is 24.2 Å². The topological polar surface area (TPSA) is 35.8 Å². The summed E-state index contributed by atoms with van der Waals surface area (Å²) in [5, 5.41) is 11.7. The molecule has 0 unspecified atom stereocenters. The summed E-state index contributed by atoms with van der Waals surface area (Å²) in [6.07, 6.45) is 7.12. The van der Waals surface area contributed by atoms with Crippen LogP contribution < -0.4 is 0 Å². The molecule has 0 amide bonds. The molecule has 64 valence electrons. The largest absolute Gasteiger partial charge is 0.494 e. The molecule has 5 heteroatoms. The van der Waals surface area contributed by atoms with Crippen molar-refractivity contribution in [3.63, 3.8) is 0 Å². The van der Waals surface area contributed by atoms with Gasteiger partial charge in [0, 0.05) is 17.8 Å². The molecule has 0 aromatic carbocycles. The van der Waals surface area contributed by atoms with Gasteiger partial charge >= 0.3 is 0 Å². The van der Waals surface area contributed by atoms with Crippen LogP contribution in [0.25, 0.3) is 0 Å². The van der Waals surface area contributed by atoms with E-state index in [0.29, 0.717) is 0 Å². The van der Waals surface area contributed by atoms with Crippen molar-refractivity contribution >= 4 is 29.3 Å². The van der Waals surface area contributed by atoms with Gasteiger partial charge in [0.2, 0.25) is 5.88 Å². The molecule has 0 spiro atoms. The summed E-state index contributed by atoms with van der Waals surface area (Å²) in [5.74, 6) is 0.230. The number of hydrogen-bond donors (Lipinski definition) is 1. The van der Waals surface area contributed by atoms with Crippen LogP contribution in [0.3, 0.4) is 0 Å². The van der Waals surface area contributed by atoms with Gasteiger partial charge in [-0.2, -0.15) is 0 Å². The summed E-state index contributed by atoms with van der Waals surface area (Å²) in [7, 11) is 0. The van der Waals surface area contributed by atoms with Gasteiger partial charge in [-0.1, -0.05) is 11.8 Å². The molecule has 0 aromatic heterocycles. The Hall–Kier alpha value is -0.870. The lowest BCUT2D eigenvalue weighted by Crippen LogP contribution is -2.16. The predicted molar refractivity (Wildman–Crippen MR) is 53.1 cm³/mol. The van der Waals surface area contributed by atoms with E-state index in [9.17, 15) is 5.11 Å². The van der Waals surface area contributed by atoms with E-state index < -0.39 is 0 Å². The van der Waals surface area contributed by atoms with E-state index in [-0.39, 0.29) is 18.3 Å². The number of aliphatic hydroxyl groups is 1. The Bertz CT molecular complexity index is 296. The zero-order valence-corrected chi connectivity index (χ0v) is 7.68. The third-order valence-corrected chi connectivity index (χ3v) is 2.18. The summed E-state index contributed by atoms with van der Waals surface area (Å²) in [5.41, 5.74) is 0. The van der Waals surface area contributed by atoms with Gasteiger partial charge in [0.25, 0.3) is 0 Å². The van der Waals surface area contributed by atoms with Crippen LogP contribution in [0.5, 0.6) is 0 Å². The van der Waals surface area contributed by atoms with Gasteiger partial charge in [0.15, 0.2) is 5.17 Å². The van der Waals surface area contributed by atoms with E-state index in [4.69, 9.17) is 0 Å². The lowest BCUT2D eigenvalue weighted by Gasteiger charge is -2.10. The second-order valence-corrected chi connectivity index (χ2v) is 2.90. The summed E-state index contributed by atoms with van der Waals surface area (Å²) in [6, 6.07) is 0. The van der Waals surface area contributed by atoms with Crippen LogP contribution in [0, 0.1) is 0 Å². The van der Waals surface area contributed by atoms with E-state index in [2.05, 4.69) is 4.99 Å². The van der Waals surface area contributed by atoms with E-state index in [0.717, 1.165) is 5.17 Å². The number of nitrogens with zero attached hydrogens (tertiary/aromatic N) is 2. The summed E-state index contributed by atoms with van der Waals surface area (Å²) in [6.45, 7) is 0. The number of amidine groups is 1. The maximum absolute atomic E-state index is 9.26. The third-order valence-electron chi connectivity index (χ3n) is 1.34. The van der Waals surface area contributed by atoms with Gasteiger partial charge in [0.1, 0.15) is 0 Å². The maximum Gasteiger partial charge on any atom is 0.204 e. The van der Waals surface area contributed by atoms with Crippen molar-refractivity contribution in [3.05, 3.63) is 35.8 Å². The molecule has 1 N–H and O–H groups in total. The van der Waals surface area contributed by atoms with E-state index in [1.807, 2.05) is 12.2 Å². The Balaban J connectivity index is 0.000000720. The first-order chi connectivity index (χ1) is 5.38. The molecule has 0 radical (unpaired) electrons. The van der Waals surface area contributed by atoms with Crippen LogP contribution in [-0.2, 0) is 0 Å². The second-order valence-electron chi connectivity index (χ2n) is 2.06. The van der Waals surface area contributed by atoms with Crippen molar-refractivity contribution in [1.82, 2.24) is 4.90 Å². The number of thioether (sulfide) groups is 1. The molecule has 3 nitrogen and oxygen atoms in total. The molecule has 0 saturated heterocycles.